The molecule has 7 nitrogen and oxygen atoms in total. The minimum absolute atomic E-state index is 0.0832. The minimum Gasteiger partial charge on any atom is -0.497 e. The number of benzene rings is 1. The molecule has 0 N–H and O–H groups in total. The highest BCUT2D eigenvalue weighted by Crippen LogP contribution is 2.14. The predicted molar refractivity (Wildman–Crippen MR) is 121 cm³/mol. The summed E-state index contributed by atoms with van der Waals surface area (Å²) in [5.74, 6) is 1.14. The Bertz CT molecular complexity index is 716. The van der Waals surface area contributed by atoms with E-state index in [0.29, 0.717) is 71.4 Å². The van der Waals surface area contributed by atoms with E-state index in [1.807, 2.05) is 47.9 Å². The largest absolute Gasteiger partial charge is 0.497 e. The first-order valence-corrected chi connectivity index (χ1v) is 11.4. The highest BCUT2D eigenvalue weighted by molar-refractivity contribution is 5.79. The van der Waals surface area contributed by atoms with Crippen molar-refractivity contribution in [3.63, 3.8) is 0 Å². The third-order valence-electron chi connectivity index (χ3n) is 5.89. The van der Waals surface area contributed by atoms with Gasteiger partial charge in [-0.05, 0) is 50.8 Å². The van der Waals surface area contributed by atoms with E-state index in [4.69, 9.17) is 4.74 Å². The number of methoxy groups -OCH3 is 1. The smallest absolute Gasteiger partial charge is 0.222 e. The van der Waals surface area contributed by atoms with Crippen LogP contribution in [-0.2, 0) is 20.8 Å². The van der Waals surface area contributed by atoms with Crippen LogP contribution >= 0.6 is 0 Å². The molecule has 0 unspecified atom stereocenters. The summed E-state index contributed by atoms with van der Waals surface area (Å²) in [5, 5.41) is 0. The number of rotatable bonds is 10. The lowest BCUT2D eigenvalue weighted by Gasteiger charge is -2.23. The Morgan fingerprint density at radius 1 is 0.871 bits per heavy atom. The van der Waals surface area contributed by atoms with Gasteiger partial charge in [-0.25, -0.2) is 0 Å². The van der Waals surface area contributed by atoms with Gasteiger partial charge in [-0.15, -0.1) is 0 Å². The number of ether oxygens (including phenoxy) is 1. The van der Waals surface area contributed by atoms with Gasteiger partial charge >= 0.3 is 0 Å². The Kier molecular flexibility index (Phi) is 10.3. The number of carbonyl (C=O) groups excluding carboxylic acids is 3. The molecule has 0 radical (unpaired) electrons. The maximum Gasteiger partial charge on any atom is 0.222 e. The molecule has 1 fully saturated rings. The average molecular weight is 432 g/mol. The van der Waals surface area contributed by atoms with Gasteiger partial charge in [0, 0.05) is 58.5 Å². The quantitative estimate of drug-likeness (QED) is 0.571. The van der Waals surface area contributed by atoms with Gasteiger partial charge in [0.25, 0.3) is 0 Å². The molecule has 1 aliphatic rings. The van der Waals surface area contributed by atoms with Gasteiger partial charge in [0.15, 0.2) is 0 Å². The van der Waals surface area contributed by atoms with Crippen molar-refractivity contribution in [2.24, 2.45) is 0 Å². The van der Waals surface area contributed by atoms with E-state index in [1.54, 1.807) is 12.0 Å². The van der Waals surface area contributed by atoms with Crippen molar-refractivity contribution >= 4 is 17.7 Å². The van der Waals surface area contributed by atoms with Crippen LogP contribution in [0.3, 0.4) is 0 Å². The fraction of sp³-hybridized carbons (Fsp3) is 0.625. The van der Waals surface area contributed by atoms with Gasteiger partial charge in [-0.1, -0.05) is 12.1 Å². The number of amides is 3. The van der Waals surface area contributed by atoms with Crippen molar-refractivity contribution in [1.29, 1.82) is 0 Å². The number of nitrogens with zero attached hydrogens (tertiary/aromatic N) is 3. The molecule has 31 heavy (non-hydrogen) atoms. The molecule has 0 saturated carbocycles. The number of hydrogen-bond acceptors (Lipinski definition) is 4. The molecule has 1 heterocycles. The van der Waals surface area contributed by atoms with Gasteiger partial charge in [0.1, 0.15) is 5.75 Å². The molecule has 1 aromatic rings. The van der Waals surface area contributed by atoms with Crippen LogP contribution < -0.4 is 4.74 Å². The van der Waals surface area contributed by atoms with E-state index in [1.165, 1.54) is 0 Å². The number of hydrogen-bond donors (Lipinski definition) is 0. The van der Waals surface area contributed by atoms with E-state index in [0.717, 1.165) is 17.7 Å². The first-order valence-electron chi connectivity index (χ1n) is 11.4. The van der Waals surface area contributed by atoms with Crippen LogP contribution in [0.15, 0.2) is 24.3 Å². The van der Waals surface area contributed by atoms with Crippen LogP contribution in [0.2, 0.25) is 0 Å². The molecule has 1 aromatic carbocycles. The predicted octanol–water partition coefficient (Wildman–Crippen LogP) is 2.73. The second kappa shape index (κ2) is 13.0. The third kappa shape index (κ3) is 7.89. The van der Waals surface area contributed by atoms with Crippen LogP contribution in [0.5, 0.6) is 5.75 Å². The third-order valence-corrected chi connectivity index (χ3v) is 5.89. The molecule has 7 heteroatoms. The fourth-order valence-corrected chi connectivity index (χ4v) is 3.90. The zero-order valence-corrected chi connectivity index (χ0v) is 19.3. The maximum atomic E-state index is 12.6. The summed E-state index contributed by atoms with van der Waals surface area (Å²) < 4.78 is 5.16. The number of carbonyl (C=O) groups is 3. The van der Waals surface area contributed by atoms with E-state index in [9.17, 15) is 14.4 Å². The molecule has 0 aliphatic carbocycles. The Labute approximate surface area is 186 Å². The second-order valence-electron chi connectivity index (χ2n) is 7.88. The summed E-state index contributed by atoms with van der Waals surface area (Å²) in [4.78, 5) is 42.8. The summed E-state index contributed by atoms with van der Waals surface area (Å²) >= 11 is 0. The molecular weight excluding hydrogens is 394 g/mol. The highest BCUT2D eigenvalue weighted by Gasteiger charge is 2.22. The van der Waals surface area contributed by atoms with Crippen LogP contribution in [-0.4, -0.2) is 78.8 Å². The van der Waals surface area contributed by atoms with Gasteiger partial charge in [-0.3, -0.25) is 14.4 Å². The summed E-state index contributed by atoms with van der Waals surface area (Å²) in [7, 11) is 1.64. The van der Waals surface area contributed by atoms with E-state index < -0.39 is 0 Å². The SMILES string of the molecule is CCN(CC)C(=O)CCCC(=O)N1CCCN(C(=O)CCc2ccc(OC)cc2)CC1. The van der Waals surface area contributed by atoms with Crippen molar-refractivity contribution in [1.82, 2.24) is 14.7 Å². The molecule has 3 amide bonds. The van der Waals surface area contributed by atoms with E-state index in [2.05, 4.69) is 0 Å². The second-order valence-corrected chi connectivity index (χ2v) is 7.88. The zero-order valence-electron chi connectivity index (χ0n) is 19.3. The summed E-state index contributed by atoms with van der Waals surface area (Å²) in [6.45, 7) is 7.84. The lowest BCUT2D eigenvalue weighted by atomic mass is 10.1. The van der Waals surface area contributed by atoms with Crippen LogP contribution in [0.1, 0.15) is 51.5 Å². The monoisotopic (exact) mass is 431 g/mol. The van der Waals surface area contributed by atoms with E-state index >= 15 is 0 Å². The van der Waals surface area contributed by atoms with Crippen LogP contribution in [0, 0.1) is 0 Å². The standard InChI is InChI=1S/C24H37N3O4/c1-4-25(5-2)22(28)8-6-9-23(29)26-16-7-17-27(19-18-26)24(30)15-12-20-10-13-21(31-3)14-11-20/h10-11,13-14H,4-9,12,15-19H2,1-3H3. The summed E-state index contributed by atoms with van der Waals surface area (Å²) in [6.07, 6.45) is 3.33. The van der Waals surface area contributed by atoms with Crippen LogP contribution in [0.4, 0.5) is 0 Å². The van der Waals surface area contributed by atoms with Gasteiger partial charge < -0.3 is 19.4 Å². The summed E-state index contributed by atoms with van der Waals surface area (Å²) in [6, 6.07) is 7.79. The van der Waals surface area contributed by atoms with Crippen molar-refractivity contribution in [2.75, 3.05) is 46.4 Å². The fourth-order valence-electron chi connectivity index (χ4n) is 3.90. The van der Waals surface area contributed by atoms with E-state index in [-0.39, 0.29) is 17.7 Å². The van der Waals surface area contributed by atoms with Gasteiger partial charge in [0.05, 0.1) is 7.11 Å². The van der Waals surface area contributed by atoms with Crippen molar-refractivity contribution in [3.8, 4) is 5.75 Å². The normalized spacial score (nSPS) is 14.2. The van der Waals surface area contributed by atoms with Crippen molar-refractivity contribution in [3.05, 3.63) is 29.8 Å². The maximum absolute atomic E-state index is 12.6. The minimum atomic E-state index is 0.0832. The number of aryl methyl sites for hydroxylation is 1. The molecule has 0 atom stereocenters. The average Bonchev–Trinajstić information content (AvgIpc) is 3.05. The van der Waals surface area contributed by atoms with Crippen molar-refractivity contribution in [2.45, 2.75) is 52.4 Å². The molecule has 0 aromatic heterocycles. The Hall–Kier alpha value is -2.57. The Balaban J connectivity index is 1.73. The highest BCUT2D eigenvalue weighted by atomic mass is 16.5. The van der Waals surface area contributed by atoms with Crippen molar-refractivity contribution < 1.29 is 19.1 Å². The molecule has 0 spiro atoms. The Morgan fingerprint density at radius 2 is 1.45 bits per heavy atom. The lowest BCUT2D eigenvalue weighted by Crippen LogP contribution is -2.37. The molecule has 2 rings (SSSR count). The molecule has 0 bridgehead atoms. The molecule has 1 aliphatic heterocycles. The van der Waals surface area contributed by atoms with Gasteiger partial charge in [0.2, 0.25) is 17.7 Å². The zero-order chi connectivity index (χ0) is 22.6. The topological polar surface area (TPSA) is 70.2 Å². The van der Waals surface area contributed by atoms with Crippen LogP contribution in [0.25, 0.3) is 0 Å². The molecule has 172 valence electrons. The molecular formula is C24H37N3O4. The first-order chi connectivity index (χ1) is 15.0. The lowest BCUT2D eigenvalue weighted by molar-refractivity contribution is -0.134. The summed E-state index contributed by atoms with van der Waals surface area (Å²) in [5.41, 5.74) is 1.11. The molecule has 1 saturated heterocycles. The first kappa shape index (κ1) is 24.7. The Morgan fingerprint density at radius 3 is 2.00 bits per heavy atom. The van der Waals surface area contributed by atoms with Gasteiger partial charge in [-0.2, -0.15) is 0 Å².